The fourth-order valence-corrected chi connectivity index (χ4v) is 4.39. The molecular formula is C25H33IN6O2. The van der Waals surface area contributed by atoms with Gasteiger partial charge in [-0.15, -0.1) is 24.0 Å². The lowest BCUT2D eigenvalue weighted by atomic mass is 10.0. The monoisotopic (exact) mass is 576 g/mol. The minimum absolute atomic E-state index is 0. The molecule has 2 amide bonds. The third-order valence-electron chi connectivity index (χ3n) is 6.24. The van der Waals surface area contributed by atoms with E-state index in [1.165, 1.54) is 4.90 Å². The van der Waals surface area contributed by atoms with Gasteiger partial charge in [0.15, 0.2) is 5.96 Å². The van der Waals surface area contributed by atoms with Crippen LogP contribution in [-0.4, -0.2) is 71.8 Å². The number of hydrogen-bond donors (Lipinski definition) is 2. The van der Waals surface area contributed by atoms with Crippen LogP contribution >= 0.6 is 24.0 Å². The number of aromatic nitrogens is 1. The zero-order valence-corrected chi connectivity index (χ0v) is 21.9. The second kappa shape index (κ2) is 12.8. The van der Waals surface area contributed by atoms with E-state index in [4.69, 9.17) is 0 Å². The standard InChI is InChI=1S/C25H32N6O2.HI/c1-26-25(29-19-11-16-30(17-12-19)18-20-8-4-5-13-27-20)28-14-6-7-15-31-23(32)21-9-2-3-10-22(21)24(31)33;/h2-5,8-10,13,19H,6-7,11-12,14-18H2,1H3,(H2,26,28,29);1H. The zero-order valence-electron chi connectivity index (χ0n) is 19.6. The Balaban J connectivity index is 0.00000324. The predicted octanol–water partition coefficient (Wildman–Crippen LogP) is 2.91. The Hall–Kier alpha value is -2.53. The molecule has 0 bridgehead atoms. The predicted molar refractivity (Wildman–Crippen MR) is 143 cm³/mol. The van der Waals surface area contributed by atoms with Crippen LogP contribution in [0.5, 0.6) is 0 Å². The summed E-state index contributed by atoms with van der Waals surface area (Å²) in [7, 11) is 1.78. The minimum atomic E-state index is -0.185. The highest BCUT2D eigenvalue weighted by atomic mass is 127. The van der Waals surface area contributed by atoms with Crippen molar-refractivity contribution < 1.29 is 9.59 Å². The number of hydrogen-bond acceptors (Lipinski definition) is 5. The number of fused-ring (bicyclic) bond motifs is 1. The molecule has 2 aliphatic rings. The smallest absolute Gasteiger partial charge is 0.261 e. The van der Waals surface area contributed by atoms with Crippen molar-refractivity contribution in [3.8, 4) is 0 Å². The molecule has 2 N–H and O–H groups in total. The van der Waals surface area contributed by atoms with Crippen LogP contribution < -0.4 is 10.6 Å². The van der Waals surface area contributed by atoms with Crippen molar-refractivity contribution in [2.24, 2.45) is 4.99 Å². The van der Waals surface area contributed by atoms with Crippen molar-refractivity contribution in [3.05, 3.63) is 65.5 Å². The number of carbonyl (C=O) groups excluding carboxylic acids is 2. The van der Waals surface area contributed by atoms with E-state index in [9.17, 15) is 9.59 Å². The number of pyridine rings is 1. The summed E-state index contributed by atoms with van der Waals surface area (Å²) in [5.41, 5.74) is 2.13. The summed E-state index contributed by atoms with van der Waals surface area (Å²) < 4.78 is 0. The number of imide groups is 1. The molecule has 34 heavy (non-hydrogen) atoms. The summed E-state index contributed by atoms with van der Waals surface area (Å²) in [5, 5.41) is 6.89. The molecule has 2 aliphatic heterocycles. The van der Waals surface area contributed by atoms with Crippen LogP contribution in [0.25, 0.3) is 0 Å². The van der Waals surface area contributed by atoms with Crippen molar-refractivity contribution in [2.75, 3.05) is 33.2 Å². The van der Waals surface area contributed by atoms with Gasteiger partial charge in [-0.25, -0.2) is 0 Å². The molecule has 0 aliphatic carbocycles. The Labute approximate surface area is 218 Å². The third kappa shape index (κ3) is 6.53. The Kier molecular flexibility index (Phi) is 9.82. The maximum Gasteiger partial charge on any atom is 0.261 e. The van der Waals surface area contributed by atoms with E-state index < -0.39 is 0 Å². The van der Waals surface area contributed by atoms with Gasteiger partial charge in [0.1, 0.15) is 0 Å². The molecule has 1 aromatic carbocycles. The van der Waals surface area contributed by atoms with E-state index in [2.05, 4.69) is 31.6 Å². The Morgan fingerprint density at radius 2 is 1.71 bits per heavy atom. The maximum atomic E-state index is 12.4. The quantitative estimate of drug-likeness (QED) is 0.165. The summed E-state index contributed by atoms with van der Waals surface area (Å²) >= 11 is 0. The first kappa shape index (κ1) is 26.1. The van der Waals surface area contributed by atoms with Crippen molar-refractivity contribution in [1.29, 1.82) is 0 Å². The molecule has 0 spiro atoms. The van der Waals surface area contributed by atoms with Crippen molar-refractivity contribution in [2.45, 2.75) is 38.3 Å². The molecule has 1 fully saturated rings. The van der Waals surface area contributed by atoms with E-state index in [0.717, 1.165) is 63.5 Å². The van der Waals surface area contributed by atoms with Gasteiger partial charge in [-0.2, -0.15) is 0 Å². The Bertz CT molecular complexity index is 957. The van der Waals surface area contributed by atoms with Crippen LogP contribution in [0.1, 0.15) is 52.1 Å². The zero-order chi connectivity index (χ0) is 23.0. The number of rotatable bonds is 8. The molecule has 0 atom stereocenters. The molecule has 182 valence electrons. The molecule has 3 heterocycles. The van der Waals surface area contributed by atoms with E-state index in [1.54, 1.807) is 31.3 Å². The summed E-state index contributed by atoms with van der Waals surface area (Å²) in [6.45, 7) is 4.14. The number of aliphatic imine (C=N–C) groups is 1. The first-order valence-electron chi connectivity index (χ1n) is 11.7. The first-order chi connectivity index (χ1) is 16.2. The van der Waals surface area contributed by atoms with Crippen molar-refractivity contribution >= 4 is 41.8 Å². The Morgan fingerprint density at radius 3 is 2.32 bits per heavy atom. The number of unbranched alkanes of at least 4 members (excludes halogenated alkanes) is 1. The molecule has 2 aromatic rings. The lowest BCUT2D eigenvalue weighted by Crippen LogP contribution is -2.48. The van der Waals surface area contributed by atoms with Gasteiger partial charge >= 0.3 is 0 Å². The van der Waals surface area contributed by atoms with Crippen LogP contribution in [-0.2, 0) is 6.54 Å². The van der Waals surface area contributed by atoms with Gasteiger partial charge in [-0.1, -0.05) is 18.2 Å². The van der Waals surface area contributed by atoms with Gasteiger partial charge in [0.2, 0.25) is 0 Å². The van der Waals surface area contributed by atoms with Gasteiger partial charge in [0.25, 0.3) is 11.8 Å². The van der Waals surface area contributed by atoms with Crippen LogP contribution in [0.3, 0.4) is 0 Å². The van der Waals surface area contributed by atoms with E-state index >= 15 is 0 Å². The molecule has 4 rings (SSSR count). The number of nitrogens with zero attached hydrogens (tertiary/aromatic N) is 4. The second-order valence-corrected chi connectivity index (χ2v) is 8.53. The lowest BCUT2D eigenvalue weighted by Gasteiger charge is -2.32. The van der Waals surface area contributed by atoms with Crippen LogP contribution in [0.2, 0.25) is 0 Å². The first-order valence-corrected chi connectivity index (χ1v) is 11.7. The van der Waals surface area contributed by atoms with Crippen LogP contribution in [0, 0.1) is 0 Å². The topological polar surface area (TPSA) is 89.9 Å². The number of halogens is 1. The number of amides is 2. The number of carbonyl (C=O) groups is 2. The molecule has 1 aromatic heterocycles. The highest BCUT2D eigenvalue weighted by Crippen LogP contribution is 2.22. The molecule has 8 nitrogen and oxygen atoms in total. The number of benzene rings is 1. The second-order valence-electron chi connectivity index (χ2n) is 8.53. The van der Waals surface area contributed by atoms with E-state index in [1.807, 2.05) is 18.3 Å². The number of guanidine groups is 1. The normalized spacial score (nSPS) is 16.9. The van der Waals surface area contributed by atoms with Crippen LogP contribution in [0.15, 0.2) is 53.7 Å². The summed E-state index contributed by atoms with van der Waals surface area (Å²) in [6.07, 6.45) is 5.57. The number of piperidine rings is 1. The lowest BCUT2D eigenvalue weighted by molar-refractivity contribution is 0.0652. The van der Waals surface area contributed by atoms with Crippen molar-refractivity contribution in [3.63, 3.8) is 0 Å². The van der Waals surface area contributed by atoms with Gasteiger partial charge in [-0.05, 0) is 49.9 Å². The minimum Gasteiger partial charge on any atom is -0.356 e. The molecule has 0 saturated carbocycles. The average Bonchev–Trinajstić information content (AvgIpc) is 3.09. The number of nitrogens with one attached hydrogen (secondary N) is 2. The average molecular weight is 576 g/mol. The van der Waals surface area contributed by atoms with E-state index in [0.29, 0.717) is 23.7 Å². The fraction of sp³-hybridized carbons (Fsp3) is 0.440. The molecule has 9 heteroatoms. The van der Waals surface area contributed by atoms with Gasteiger partial charge in [0.05, 0.1) is 16.8 Å². The maximum absolute atomic E-state index is 12.4. The van der Waals surface area contributed by atoms with E-state index in [-0.39, 0.29) is 35.8 Å². The fourth-order valence-electron chi connectivity index (χ4n) is 4.39. The highest BCUT2D eigenvalue weighted by Gasteiger charge is 2.34. The molecular weight excluding hydrogens is 543 g/mol. The molecule has 1 saturated heterocycles. The van der Waals surface area contributed by atoms with Gasteiger partial charge in [0, 0.05) is 52.0 Å². The number of likely N-dealkylation sites (tertiary alicyclic amines) is 1. The SMILES string of the molecule is CN=C(NCCCCN1C(=O)c2ccccc2C1=O)NC1CCN(Cc2ccccn2)CC1.I. The molecule has 0 unspecified atom stereocenters. The van der Waals surface area contributed by atoms with Crippen LogP contribution in [0.4, 0.5) is 0 Å². The highest BCUT2D eigenvalue weighted by molar-refractivity contribution is 14.0. The van der Waals surface area contributed by atoms with Crippen molar-refractivity contribution in [1.82, 2.24) is 25.4 Å². The largest absolute Gasteiger partial charge is 0.356 e. The Morgan fingerprint density at radius 1 is 1.03 bits per heavy atom. The summed E-state index contributed by atoms with van der Waals surface area (Å²) in [4.78, 5) is 37.4. The summed E-state index contributed by atoms with van der Waals surface area (Å²) in [5.74, 6) is 0.435. The summed E-state index contributed by atoms with van der Waals surface area (Å²) in [6, 6.07) is 13.5. The molecule has 0 radical (unpaired) electrons. The van der Waals surface area contributed by atoms with Gasteiger partial charge in [-0.3, -0.25) is 29.4 Å². The van der Waals surface area contributed by atoms with Gasteiger partial charge < -0.3 is 10.6 Å². The third-order valence-corrected chi connectivity index (χ3v) is 6.24.